The number of aryl methyl sites for hydroxylation is 1. The van der Waals surface area contributed by atoms with Gasteiger partial charge in [0.1, 0.15) is 0 Å². The van der Waals surface area contributed by atoms with Crippen molar-refractivity contribution in [2.75, 3.05) is 11.1 Å². The summed E-state index contributed by atoms with van der Waals surface area (Å²) in [4.78, 5) is 25.4. The summed E-state index contributed by atoms with van der Waals surface area (Å²) in [6, 6.07) is 14.3. The molecule has 2 amide bonds. The average Bonchev–Trinajstić information content (AvgIpc) is 3.21. The van der Waals surface area contributed by atoms with Crippen molar-refractivity contribution in [1.82, 2.24) is 20.1 Å². The summed E-state index contributed by atoms with van der Waals surface area (Å²) in [5.41, 5.74) is 2.31. The molecule has 0 saturated heterocycles. The lowest BCUT2D eigenvalue weighted by atomic mass is 10.0. The van der Waals surface area contributed by atoms with E-state index in [0.717, 1.165) is 11.3 Å². The van der Waals surface area contributed by atoms with Crippen LogP contribution in [0, 0.1) is 12.8 Å². The van der Waals surface area contributed by atoms with Gasteiger partial charge in [0.2, 0.25) is 5.91 Å². The lowest BCUT2D eigenvalue weighted by Crippen LogP contribution is -2.31. The molecule has 0 aliphatic heterocycles. The number of amides is 2. The maximum Gasteiger partial charge on any atom is 0.253 e. The molecule has 2 N–H and O–H groups in total. The maximum absolute atomic E-state index is 12.9. The molecule has 9 heteroatoms. The van der Waals surface area contributed by atoms with Gasteiger partial charge in [0.15, 0.2) is 11.0 Å². The largest absolute Gasteiger partial charge is 0.342 e. The summed E-state index contributed by atoms with van der Waals surface area (Å²) in [5.74, 6) is 0.806. The van der Waals surface area contributed by atoms with Crippen molar-refractivity contribution in [1.29, 1.82) is 0 Å². The van der Waals surface area contributed by atoms with Gasteiger partial charge in [0.25, 0.3) is 5.91 Å². The topological polar surface area (TPSA) is 88.9 Å². The zero-order valence-electron chi connectivity index (χ0n) is 19.8. The molecular weight excluding hydrogens is 470 g/mol. The van der Waals surface area contributed by atoms with E-state index in [1.165, 1.54) is 11.8 Å². The van der Waals surface area contributed by atoms with E-state index >= 15 is 0 Å². The van der Waals surface area contributed by atoms with E-state index in [4.69, 9.17) is 11.6 Å². The van der Waals surface area contributed by atoms with Gasteiger partial charge in [-0.05, 0) is 50.5 Å². The molecule has 180 valence electrons. The van der Waals surface area contributed by atoms with Crippen LogP contribution in [0.15, 0.2) is 53.7 Å². The molecule has 3 rings (SSSR count). The van der Waals surface area contributed by atoms with Crippen molar-refractivity contribution in [2.24, 2.45) is 5.92 Å². The first-order valence-electron chi connectivity index (χ1n) is 11.3. The number of benzene rings is 2. The third kappa shape index (κ3) is 6.84. The molecule has 0 spiro atoms. The van der Waals surface area contributed by atoms with E-state index in [0.29, 0.717) is 40.5 Å². The van der Waals surface area contributed by atoms with Gasteiger partial charge in [0, 0.05) is 12.2 Å². The predicted octanol–water partition coefficient (Wildman–Crippen LogP) is 5.51. The van der Waals surface area contributed by atoms with Crippen molar-refractivity contribution in [3.63, 3.8) is 0 Å². The molecule has 0 fully saturated rings. The minimum Gasteiger partial charge on any atom is -0.342 e. The molecule has 34 heavy (non-hydrogen) atoms. The Morgan fingerprint density at radius 2 is 1.79 bits per heavy atom. The fourth-order valence-electron chi connectivity index (χ4n) is 3.51. The first kappa shape index (κ1) is 25.8. The molecule has 1 atom stereocenters. The summed E-state index contributed by atoms with van der Waals surface area (Å²) >= 11 is 7.54. The average molecular weight is 500 g/mol. The third-order valence-corrected chi connectivity index (χ3v) is 6.47. The number of nitrogens with zero attached hydrogens (tertiary/aromatic N) is 3. The van der Waals surface area contributed by atoms with Crippen LogP contribution in [0.5, 0.6) is 0 Å². The van der Waals surface area contributed by atoms with E-state index in [-0.39, 0.29) is 23.6 Å². The first-order chi connectivity index (χ1) is 16.3. The zero-order chi connectivity index (χ0) is 24.7. The molecular formula is C25H30ClN5O2S. The van der Waals surface area contributed by atoms with E-state index in [1.54, 1.807) is 24.3 Å². The smallest absolute Gasteiger partial charge is 0.253 e. The number of halogens is 1. The standard InChI is InChI=1S/C25H30ClN5O2S/c1-5-31-23(21(14-16(2)3)28-24(33)19-8-6-7-9-20(19)26)29-30-25(31)34-15-22(32)27-18-12-10-17(4)11-13-18/h6-13,16,21H,5,14-15H2,1-4H3,(H,27,32)(H,28,33)/t21-/m0/s1. The Balaban J connectivity index is 1.73. The highest BCUT2D eigenvalue weighted by molar-refractivity contribution is 7.99. The monoisotopic (exact) mass is 499 g/mol. The molecule has 0 aliphatic rings. The van der Waals surface area contributed by atoms with Crippen molar-refractivity contribution >= 4 is 40.9 Å². The summed E-state index contributed by atoms with van der Waals surface area (Å²) in [5, 5.41) is 15.7. The van der Waals surface area contributed by atoms with Gasteiger partial charge in [0.05, 0.1) is 22.4 Å². The van der Waals surface area contributed by atoms with E-state index in [9.17, 15) is 9.59 Å². The maximum atomic E-state index is 12.9. The molecule has 0 bridgehead atoms. The summed E-state index contributed by atoms with van der Waals surface area (Å²) in [6.45, 7) is 8.78. The van der Waals surface area contributed by atoms with Crippen molar-refractivity contribution in [3.8, 4) is 0 Å². The van der Waals surface area contributed by atoms with E-state index in [2.05, 4.69) is 34.7 Å². The Bertz CT molecular complexity index is 1130. The first-order valence-corrected chi connectivity index (χ1v) is 12.6. The molecule has 3 aromatic rings. The number of carbonyl (C=O) groups is 2. The van der Waals surface area contributed by atoms with Crippen LogP contribution in [0.1, 0.15) is 55.0 Å². The highest BCUT2D eigenvalue weighted by atomic mass is 35.5. The molecule has 0 radical (unpaired) electrons. The fourth-order valence-corrected chi connectivity index (χ4v) is 4.54. The molecule has 0 saturated carbocycles. The minimum atomic E-state index is -0.341. The summed E-state index contributed by atoms with van der Waals surface area (Å²) in [6.07, 6.45) is 0.687. The Hall–Kier alpha value is -2.84. The zero-order valence-corrected chi connectivity index (χ0v) is 21.4. The Kier molecular flexibility index (Phi) is 9.12. The van der Waals surface area contributed by atoms with Gasteiger partial charge >= 0.3 is 0 Å². The van der Waals surface area contributed by atoms with E-state index in [1.807, 2.05) is 42.7 Å². The van der Waals surface area contributed by atoms with Crippen molar-refractivity contribution < 1.29 is 9.59 Å². The Morgan fingerprint density at radius 1 is 1.09 bits per heavy atom. The van der Waals surface area contributed by atoms with Gasteiger partial charge in [-0.3, -0.25) is 9.59 Å². The van der Waals surface area contributed by atoms with Gasteiger partial charge in [-0.15, -0.1) is 10.2 Å². The lowest BCUT2D eigenvalue weighted by molar-refractivity contribution is -0.113. The summed E-state index contributed by atoms with van der Waals surface area (Å²) < 4.78 is 1.95. The van der Waals surface area contributed by atoms with Crippen molar-refractivity contribution in [3.05, 3.63) is 70.5 Å². The number of anilines is 1. The molecule has 1 aromatic heterocycles. The van der Waals surface area contributed by atoms with Crippen LogP contribution >= 0.6 is 23.4 Å². The second-order valence-corrected chi connectivity index (χ2v) is 9.77. The number of carbonyl (C=O) groups excluding carboxylic acids is 2. The third-order valence-electron chi connectivity index (χ3n) is 5.17. The normalized spacial score (nSPS) is 11.9. The van der Waals surface area contributed by atoms with Crippen LogP contribution in [-0.2, 0) is 11.3 Å². The van der Waals surface area contributed by atoms with Gasteiger partial charge < -0.3 is 15.2 Å². The van der Waals surface area contributed by atoms with Crippen LogP contribution in [0.25, 0.3) is 0 Å². The molecule has 7 nitrogen and oxygen atoms in total. The van der Waals surface area contributed by atoms with Crippen LogP contribution in [-0.4, -0.2) is 32.3 Å². The highest BCUT2D eigenvalue weighted by Gasteiger charge is 2.25. The van der Waals surface area contributed by atoms with Crippen LogP contribution in [0.4, 0.5) is 5.69 Å². The van der Waals surface area contributed by atoms with Crippen LogP contribution in [0.2, 0.25) is 5.02 Å². The highest BCUT2D eigenvalue weighted by Crippen LogP contribution is 2.26. The van der Waals surface area contributed by atoms with Gasteiger partial charge in [-0.25, -0.2) is 0 Å². The second-order valence-electron chi connectivity index (χ2n) is 8.42. The minimum absolute atomic E-state index is 0.119. The lowest BCUT2D eigenvalue weighted by Gasteiger charge is -2.21. The SMILES string of the molecule is CCn1c(SCC(=O)Nc2ccc(C)cc2)nnc1[C@H](CC(C)C)NC(=O)c1ccccc1Cl. The molecule has 2 aromatic carbocycles. The number of nitrogens with one attached hydrogen (secondary N) is 2. The molecule has 0 unspecified atom stereocenters. The molecule has 0 aliphatic carbocycles. The fraction of sp³-hybridized carbons (Fsp3) is 0.360. The number of hydrogen-bond acceptors (Lipinski definition) is 5. The van der Waals surface area contributed by atoms with Crippen LogP contribution < -0.4 is 10.6 Å². The number of thioether (sulfide) groups is 1. The Labute approximate surface area is 209 Å². The Morgan fingerprint density at radius 3 is 2.44 bits per heavy atom. The molecule has 1 heterocycles. The van der Waals surface area contributed by atoms with Gasteiger partial charge in [-0.1, -0.05) is 67.0 Å². The predicted molar refractivity (Wildman–Crippen MR) is 137 cm³/mol. The summed E-state index contributed by atoms with van der Waals surface area (Å²) in [7, 11) is 0. The number of rotatable bonds is 10. The van der Waals surface area contributed by atoms with Crippen LogP contribution in [0.3, 0.4) is 0 Å². The number of aromatic nitrogens is 3. The number of hydrogen-bond donors (Lipinski definition) is 2. The van der Waals surface area contributed by atoms with E-state index < -0.39 is 0 Å². The van der Waals surface area contributed by atoms with Crippen molar-refractivity contribution in [2.45, 2.75) is 51.9 Å². The second kappa shape index (κ2) is 12.0. The quantitative estimate of drug-likeness (QED) is 0.359. The van der Waals surface area contributed by atoms with Gasteiger partial charge in [-0.2, -0.15) is 0 Å².